The summed E-state index contributed by atoms with van der Waals surface area (Å²) in [5.41, 5.74) is 1.20. The highest BCUT2D eigenvalue weighted by molar-refractivity contribution is 5.91. The van der Waals surface area contributed by atoms with Crippen LogP contribution >= 0.6 is 0 Å². The molecule has 1 aliphatic carbocycles. The van der Waals surface area contributed by atoms with E-state index in [9.17, 15) is 4.79 Å². The van der Waals surface area contributed by atoms with Crippen molar-refractivity contribution in [3.63, 3.8) is 0 Å². The number of piperazine rings is 1. The van der Waals surface area contributed by atoms with Gasteiger partial charge in [0.1, 0.15) is 11.6 Å². The van der Waals surface area contributed by atoms with Crippen LogP contribution < -0.4 is 15.0 Å². The topological polar surface area (TPSA) is 62.6 Å². The van der Waals surface area contributed by atoms with Crippen molar-refractivity contribution in [3.05, 3.63) is 36.5 Å². The molecule has 28 heavy (non-hydrogen) atoms. The quantitative estimate of drug-likeness (QED) is 0.831. The molecule has 1 amide bonds. The highest BCUT2D eigenvalue weighted by atomic mass is 16.5. The molecular weight excluding hydrogens is 354 g/mol. The summed E-state index contributed by atoms with van der Waals surface area (Å²) in [6, 6.07) is 10.5. The highest BCUT2D eigenvalue weighted by Gasteiger charge is 2.22. The largest absolute Gasteiger partial charge is 0.497 e. The van der Waals surface area contributed by atoms with Gasteiger partial charge in [-0.25, -0.2) is 4.68 Å². The van der Waals surface area contributed by atoms with E-state index >= 15 is 0 Å². The molecule has 0 atom stereocenters. The zero-order valence-electron chi connectivity index (χ0n) is 16.5. The van der Waals surface area contributed by atoms with E-state index in [2.05, 4.69) is 32.3 Å². The molecule has 1 saturated carbocycles. The maximum atomic E-state index is 12.5. The molecule has 4 rings (SSSR count). The van der Waals surface area contributed by atoms with Gasteiger partial charge in [0.05, 0.1) is 25.9 Å². The zero-order valence-corrected chi connectivity index (χ0v) is 16.5. The lowest BCUT2D eigenvalue weighted by molar-refractivity contribution is -0.117. The van der Waals surface area contributed by atoms with E-state index in [1.807, 2.05) is 22.9 Å². The smallest absolute Gasteiger partial charge is 0.239 e. The van der Waals surface area contributed by atoms with Crippen LogP contribution in [0.1, 0.15) is 31.7 Å². The molecule has 0 bridgehead atoms. The van der Waals surface area contributed by atoms with E-state index in [0.717, 1.165) is 50.6 Å². The summed E-state index contributed by atoms with van der Waals surface area (Å²) in [6.45, 7) is 4.01. The van der Waals surface area contributed by atoms with Gasteiger partial charge in [-0.3, -0.25) is 9.69 Å². The minimum Gasteiger partial charge on any atom is -0.497 e. The summed E-state index contributed by atoms with van der Waals surface area (Å²) in [5.74, 6) is 1.74. The number of carbonyl (C=O) groups is 1. The van der Waals surface area contributed by atoms with E-state index in [4.69, 9.17) is 4.74 Å². The van der Waals surface area contributed by atoms with Crippen molar-refractivity contribution in [1.29, 1.82) is 0 Å². The minimum absolute atomic E-state index is 0.0395. The molecule has 7 nitrogen and oxygen atoms in total. The molecule has 1 saturated heterocycles. The van der Waals surface area contributed by atoms with Gasteiger partial charge in [-0.05, 0) is 37.1 Å². The van der Waals surface area contributed by atoms with Crippen molar-refractivity contribution >= 4 is 17.4 Å². The lowest BCUT2D eigenvalue weighted by Gasteiger charge is -2.35. The number of methoxy groups -OCH3 is 1. The lowest BCUT2D eigenvalue weighted by Crippen LogP contribution is -2.48. The number of carbonyl (C=O) groups excluding carboxylic acids is 1. The Morgan fingerprint density at radius 3 is 2.50 bits per heavy atom. The van der Waals surface area contributed by atoms with Crippen LogP contribution in [-0.2, 0) is 4.79 Å². The molecule has 1 aliphatic heterocycles. The van der Waals surface area contributed by atoms with Crippen molar-refractivity contribution in [1.82, 2.24) is 14.7 Å². The van der Waals surface area contributed by atoms with Crippen LogP contribution in [0.3, 0.4) is 0 Å². The van der Waals surface area contributed by atoms with Gasteiger partial charge in [0.2, 0.25) is 5.91 Å². The van der Waals surface area contributed by atoms with Gasteiger partial charge in [0.15, 0.2) is 0 Å². The molecule has 0 spiro atoms. The van der Waals surface area contributed by atoms with Crippen molar-refractivity contribution in [2.75, 3.05) is 50.1 Å². The van der Waals surface area contributed by atoms with Crippen molar-refractivity contribution in [2.45, 2.75) is 31.7 Å². The summed E-state index contributed by atoms with van der Waals surface area (Å²) in [6.07, 6.45) is 6.57. The predicted molar refractivity (Wildman–Crippen MR) is 110 cm³/mol. The summed E-state index contributed by atoms with van der Waals surface area (Å²) in [4.78, 5) is 17.1. The number of rotatable bonds is 6. The number of anilines is 2. The van der Waals surface area contributed by atoms with Gasteiger partial charge in [0.25, 0.3) is 0 Å². The summed E-state index contributed by atoms with van der Waals surface area (Å²) in [5, 5.41) is 7.49. The van der Waals surface area contributed by atoms with E-state index in [1.165, 1.54) is 18.5 Å². The number of aromatic nitrogens is 2. The average Bonchev–Trinajstić information content (AvgIpc) is 3.40. The molecule has 1 aromatic heterocycles. The Kier molecular flexibility index (Phi) is 5.81. The summed E-state index contributed by atoms with van der Waals surface area (Å²) < 4.78 is 7.22. The molecule has 2 aliphatic rings. The number of nitrogens with one attached hydrogen (secondary N) is 1. The minimum atomic E-state index is 0.0395. The standard InChI is InChI=1S/C21H29N5O2/c1-28-19-8-6-17(7-9-19)25-14-12-24(13-15-25)16-21(27)23-20-10-11-22-26(20)18-4-2-3-5-18/h6-11,18H,2-5,12-16H2,1H3,(H,23,27). The number of benzene rings is 1. The molecule has 1 aromatic carbocycles. The van der Waals surface area contributed by atoms with Gasteiger partial charge in [-0.15, -0.1) is 0 Å². The number of nitrogens with zero attached hydrogens (tertiary/aromatic N) is 4. The third-order valence-electron chi connectivity index (χ3n) is 5.79. The van der Waals surface area contributed by atoms with Crippen LogP contribution in [-0.4, -0.2) is 60.4 Å². The van der Waals surface area contributed by atoms with Crippen LogP contribution in [0.15, 0.2) is 36.5 Å². The van der Waals surface area contributed by atoms with Crippen LogP contribution in [0.25, 0.3) is 0 Å². The number of hydrogen-bond donors (Lipinski definition) is 1. The van der Waals surface area contributed by atoms with Crippen LogP contribution in [0, 0.1) is 0 Å². The van der Waals surface area contributed by atoms with Crippen LogP contribution in [0.2, 0.25) is 0 Å². The fourth-order valence-corrected chi connectivity index (χ4v) is 4.20. The Hall–Kier alpha value is -2.54. The molecule has 0 unspecified atom stereocenters. The fraction of sp³-hybridized carbons (Fsp3) is 0.524. The molecule has 0 radical (unpaired) electrons. The van der Waals surface area contributed by atoms with Gasteiger partial charge in [-0.2, -0.15) is 5.10 Å². The van der Waals surface area contributed by atoms with E-state index in [1.54, 1.807) is 13.3 Å². The third kappa shape index (κ3) is 4.30. The van der Waals surface area contributed by atoms with Crippen LogP contribution in [0.4, 0.5) is 11.5 Å². The molecule has 150 valence electrons. The SMILES string of the molecule is COc1ccc(N2CCN(CC(=O)Nc3ccnn3C3CCCC3)CC2)cc1. The second-order valence-corrected chi connectivity index (χ2v) is 7.61. The average molecular weight is 383 g/mol. The van der Waals surface area contributed by atoms with E-state index < -0.39 is 0 Å². The van der Waals surface area contributed by atoms with Crippen LogP contribution in [0.5, 0.6) is 5.75 Å². The van der Waals surface area contributed by atoms with Crippen molar-refractivity contribution in [2.24, 2.45) is 0 Å². The lowest BCUT2D eigenvalue weighted by atomic mass is 10.2. The normalized spacial score (nSPS) is 18.4. The fourth-order valence-electron chi connectivity index (χ4n) is 4.20. The summed E-state index contributed by atoms with van der Waals surface area (Å²) in [7, 11) is 1.68. The third-order valence-corrected chi connectivity index (χ3v) is 5.79. The maximum absolute atomic E-state index is 12.5. The second kappa shape index (κ2) is 8.65. The molecule has 2 fully saturated rings. The van der Waals surface area contributed by atoms with Gasteiger partial charge >= 0.3 is 0 Å². The Balaban J connectivity index is 1.26. The Bertz CT molecular complexity index is 774. The molecular formula is C21H29N5O2. The molecule has 1 N–H and O–H groups in total. The molecule has 2 aromatic rings. The number of amides is 1. The Morgan fingerprint density at radius 1 is 1.11 bits per heavy atom. The molecule has 2 heterocycles. The molecule has 7 heteroatoms. The predicted octanol–water partition coefficient (Wildman–Crippen LogP) is 2.77. The first kappa shape index (κ1) is 18.8. The second-order valence-electron chi connectivity index (χ2n) is 7.61. The van der Waals surface area contributed by atoms with Gasteiger partial charge < -0.3 is 15.0 Å². The van der Waals surface area contributed by atoms with Crippen molar-refractivity contribution in [3.8, 4) is 5.75 Å². The maximum Gasteiger partial charge on any atom is 0.239 e. The highest BCUT2D eigenvalue weighted by Crippen LogP contribution is 2.31. The van der Waals surface area contributed by atoms with Gasteiger partial charge in [-0.1, -0.05) is 12.8 Å². The first-order valence-corrected chi connectivity index (χ1v) is 10.2. The first-order chi connectivity index (χ1) is 13.7. The first-order valence-electron chi connectivity index (χ1n) is 10.2. The Labute approximate surface area is 166 Å². The Morgan fingerprint density at radius 2 is 1.82 bits per heavy atom. The number of ether oxygens (including phenoxy) is 1. The van der Waals surface area contributed by atoms with E-state index in [0.29, 0.717) is 12.6 Å². The monoisotopic (exact) mass is 383 g/mol. The van der Waals surface area contributed by atoms with E-state index in [-0.39, 0.29) is 5.91 Å². The summed E-state index contributed by atoms with van der Waals surface area (Å²) >= 11 is 0. The zero-order chi connectivity index (χ0) is 19.3. The van der Waals surface area contributed by atoms with Crippen molar-refractivity contribution < 1.29 is 9.53 Å². The van der Waals surface area contributed by atoms with Gasteiger partial charge in [0, 0.05) is 37.9 Å². The number of hydrogen-bond acceptors (Lipinski definition) is 5.